The first-order valence-electron chi connectivity index (χ1n) is 6.25. The second-order valence-electron chi connectivity index (χ2n) is 4.67. The fraction of sp³-hybridized carbons (Fsp3) is 0.462. The summed E-state index contributed by atoms with van der Waals surface area (Å²) < 4.78 is 12.1. The van der Waals surface area contributed by atoms with Crippen molar-refractivity contribution in [1.29, 1.82) is 0 Å². The maximum absolute atomic E-state index is 11.6. The zero-order chi connectivity index (χ0) is 13.4. The van der Waals surface area contributed by atoms with Gasteiger partial charge in [-0.25, -0.2) is 4.79 Å². The van der Waals surface area contributed by atoms with E-state index in [1.807, 2.05) is 11.3 Å². The number of hydrogen-bond acceptors (Lipinski definition) is 5. The molecule has 0 spiro atoms. The number of carbonyl (C=O) groups excluding carboxylic acids is 1. The molecule has 0 aliphatic carbocycles. The van der Waals surface area contributed by atoms with Crippen molar-refractivity contribution in [2.45, 2.75) is 25.4 Å². The molecule has 3 rings (SSSR count). The second-order valence-corrected chi connectivity index (χ2v) is 4.67. The van der Waals surface area contributed by atoms with Gasteiger partial charge in [0.2, 0.25) is 0 Å². The first kappa shape index (κ1) is 12.1. The highest BCUT2D eigenvalue weighted by Gasteiger charge is 2.30. The topological polar surface area (TPSA) is 65.7 Å². The van der Waals surface area contributed by atoms with E-state index in [0.717, 1.165) is 24.5 Å². The average Bonchev–Trinajstić information content (AvgIpc) is 3.02. The smallest absolute Gasteiger partial charge is 0.339 e. The van der Waals surface area contributed by atoms with Gasteiger partial charge < -0.3 is 9.47 Å². The van der Waals surface area contributed by atoms with Gasteiger partial charge in [0.15, 0.2) is 5.65 Å². The molecule has 3 heterocycles. The van der Waals surface area contributed by atoms with Gasteiger partial charge in [0.05, 0.1) is 18.8 Å². The van der Waals surface area contributed by atoms with Gasteiger partial charge in [0, 0.05) is 18.7 Å². The minimum absolute atomic E-state index is 0.120. The molecular weight excluding hydrogens is 246 g/mol. The van der Waals surface area contributed by atoms with Crippen LogP contribution in [0.15, 0.2) is 18.3 Å². The third-order valence-electron chi connectivity index (χ3n) is 3.56. The molecule has 0 radical (unpaired) electrons. The van der Waals surface area contributed by atoms with Crippen molar-refractivity contribution in [2.24, 2.45) is 0 Å². The van der Waals surface area contributed by atoms with Gasteiger partial charge in [0.1, 0.15) is 5.82 Å². The van der Waals surface area contributed by atoms with E-state index in [2.05, 4.69) is 10.2 Å². The lowest BCUT2D eigenvalue weighted by Gasteiger charge is -2.12. The Labute approximate surface area is 110 Å². The number of ether oxygens (including phenoxy) is 2. The van der Waals surface area contributed by atoms with E-state index in [1.165, 1.54) is 7.11 Å². The molecule has 1 aliphatic heterocycles. The molecule has 2 atom stereocenters. The Morgan fingerprint density at radius 2 is 2.32 bits per heavy atom. The molecule has 1 aliphatic rings. The lowest BCUT2D eigenvalue weighted by molar-refractivity contribution is 0.0600. The van der Waals surface area contributed by atoms with Gasteiger partial charge in [0.25, 0.3) is 0 Å². The fourth-order valence-corrected chi connectivity index (χ4v) is 2.47. The summed E-state index contributed by atoms with van der Waals surface area (Å²) in [6, 6.07) is 3.46. The molecule has 2 unspecified atom stereocenters. The second kappa shape index (κ2) is 4.62. The summed E-state index contributed by atoms with van der Waals surface area (Å²) in [5.74, 6) is 0.686. The van der Waals surface area contributed by atoms with Crippen LogP contribution in [-0.4, -0.2) is 40.4 Å². The fourth-order valence-electron chi connectivity index (χ4n) is 2.47. The lowest BCUT2D eigenvalue weighted by Crippen LogP contribution is -2.13. The van der Waals surface area contributed by atoms with Gasteiger partial charge in [-0.1, -0.05) is 0 Å². The van der Waals surface area contributed by atoms with Crippen molar-refractivity contribution in [3.63, 3.8) is 0 Å². The van der Waals surface area contributed by atoms with Crippen molar-refractivity contribution in [3.05, 3.63) is 29.7 Å². The van der Waals surface area contributed by atoms with E-state index in [9.17, 15) is 4.79 Å². The quantitative estimate of drug-likeness (QED) is 0.765. The van der Waals surface area contributed by atoms with Crippen LogP contribution in [0, 0.1) is 0 Å². The number of aromatic nitrogens is 3. The minimum atomic E-state index is -0.364. The predicted octanol–water partition coefficient (Wildman–Crippen LogP) is 1.41. The highest BCUT2D eigenvalue weighted by molar-refractivity contribution is 5.89. The van der Waals surface area contributed by atoms with Gasteiger partial charge in [-0.2, -0.15) is 0 Å². The summed E-state index contributed by atoms with van der Waals surface area (Å²) in [5, 5.41) is 8.36. The number of nitrogens with zero attached hydrogens (tertiary/aromatic N) is 3. The maximum Gasteiger partial charge on any atom is 0.339 e. The molecule has 6 nitrogen and oxygen atoms in total. The van der Waals surface area contributed by atoms with Crippen LogP contribution in [0.25, 0.3) is 5.65 Å². The number of rotatable bonds is 2. The largest absolute Gasteiger partial charge is 0.465 e. The molecule has 1 fully saturated rings. The van der Waals surface area contributed by atoms with Crippen LogP contribution in [0.3, 0.4) is 0 Å². The van der Waals surface area contributed by atoms with Crippen LogP contribution >= 0.6 is 0 Å². The molecule has 0 saturated carbocycles. The van der Waals surface area contributed by atoms with Crippen LogP contribution in [0.5, 0.6) is 0 Å². The van der Waals surface area contributed by atoms with Crippen molar-refractivity contribution < 1.29 is 14.3 Å². The van der Waals surface area contributed by atoms with Crippen LogP contribution in [0.2, 0.25) is 0 Å². The van der Waals surface area contributed by atoms with E-state index in [0.29, 0.717) is 5.56 Å². The molecule has 2 aromatic rings. The van der Waals surface area contributed by atoms with E-state index in [4.69, 9.17) is 9.47 Å². The van der Waals surface area contributed by atoms with Gasteiger partial charge >= 0.3 is 5.97 Å². The summed E-state index contributed by atoms with van der Waals surface area (Å²) >= 11 is 0. The number of fused-ring (bicyclic) bond motifs is 1. The van der Waals surface area contributed by atoms with E-state index >= 15 is 0 Å². The van der Waals surface area contributed by atoms with Crippen LogP contribution in [-0.2, 0) is 9.47 Å². The van der Waals surface area contributed by atoms with Crippen LogP contribution in [0.4, 0.5) is 0 Å². The third kappa shape index (κ3) is 1.98. The zero-order valence-corrected chi connectivity index (χ0v) is 10.9. The van der Waals surface area contributed by atoms with Gasteiger partial charge in [-0.15, -0.1) is 10.2 Å². The lowest BCUT2D eigenvalue weighted by atomic mass is 10.0. The number of esters is 1. The predicted molar refractivity (Wildman–Crippen MR) is 67.1 cm³/mol. The van der Waals surface area contributed by atoms with Gasteiger partial charge in [-0.05, 0) is 25.5 Å². The summed E-state index contributed by atoms with van der Waals surface area (Å²) in [5.41, 5.74) is 1.21. The Bertz CT molecular complexity index is 623. The van der Waals surface area contributed by atoms with Gasteiger partial charge in [-0.3, -0.25) is 4.40 Å². The van der Waals surface area contributed by atoms with Crippen molar-refractivity contribution in [1.82, 2.24) is 14.6 Å². The molecule has 0 N–H and O–H groups in total. The molecule has 0 bridgehead atoms. The molecule has 0 aromatic carbocycles. The number of hydrogen-bond donors (Lipinski definition) is 0. The molecule has 100 valence electrons. The molecular formula is C13H15N3O3. The molecule has 0 amide bonds. The highest BCUT2D eigenvalue weighted by Crippen LogP contribution is 2.30. The molecule has 6 heteroatoms. The van der Waals surface area contributed by atoms with E-state index in [-0.39, 0.29) is 18.0 Å². The summed E-state index contributed by atoms with van der Waals surface area (Å²) in [4.78, 5) is 11.6. The molecule has 1 saturated heterocycles. The van der Waals surface area contributed by atoms with Crippen molar-refractivity contribution in [3.8, 4) is 0 Å². The van der Waals surface area contributed by atoms with Crippen molar-refractivity contribution >= 4 is 11.6 Å². The first-order chi connectivity index (χ1) is 9.20. The number of carbonyl (C=O) groups is 1. The zero-order valence-electron chi connectivity index (χ0n) is 10.9. The summed E-state index contributed by atoms with van der Waals surface area (Å²) in [6.07, 6.45) is 2.76. The normalized spacial score (nSPS) is 22.8. The minimum Gasteiger partial charge on any atom is -0.465 e. The Morgan fingerprint density at radius 3 is 3.00 bits per heavy atom. The van der Waals surface area contributed by atoms with Crippen molar-refractivity contribution in [2.75, 3.05) is 13.7 Å². The molecule has 2 aromatic heterocycles. The Morgan fingerprint density at radius 1 is 1.47 bits per heavy atom. The summed E-state index contributed by atoms with van der Waals surface area (Å²) in [6.45, 7) is 2.76. The third-order valence-corrected chi connectivity index (χ3v) is 3.56. The maximum atomic E-state index is 11.6. The van der Waals surface area contributed by atoms with Crippen LogP contribution < -0.4 is 0 Å². The SMILES string of the molecule is COC(=O)c1ccc2nnc(C3CCOC3C)n2c1. The van der Waals surface area contributed by atoms with E-state index < -0.39 is 0 Å². The monoisotopic (exact) mass is 261 g/mol. The Hall–Kier alpha value is -1.95. The summed E-state index contributed by atoms with van der Waals surface area (Å²) in [7, 11) is 1.37. The van der Waals surface area contributed by atoms with E-state index in [1.54, 1.807) is 18.3 Å². The molecule has 19 heavy (non-hydrogen) atoms. The number of pyridine rings is 1. The average molecular weight is 261 g/mol. The van der Waals surface area contributed by atoms with Crippen LogP contribution in [0.1, 0.15) is 35.4 Å². The first-order valence-corrected chi connectivity index (χ1v) is 6.25. The Balaban J connectivity index is 2.07. The highest BCUT2D eigenvalue weighted by atomic mass is 16.5. The Kier molecular flexibility index (Phi) is 2.94. The standard InChI is InChI=1S/C13H15N3O3/c1-8-10(5-6-19-8)12-15-14-11-4-3-9(7-16(11)12)13(17)18-2/h3-4,7-8,10H,5-6H2,1-2H3. The number of methoxy groups -OCH3 is 1.